The minimum Gasteiger partial charge on any atom is -0.497 e. The summed E-state index contributed by atoms with van der Waals surface area (Å²) in [6.07, 6.45) is 0. The number of fused-ring (bicyclic) bond motifs is 1. The molecule has 0 aliphatic carbocycles. The molecule has 0 radical (unpaired) electrons. The summed E-state index contributed by atoms with van der Waals surface area (Å²) in [6.45, 7) is 0. The van der Waals surface area contributed by atoms with E-state index >= 15 is 0 Å². The van der Waals surface area contributed by atoms with Crippen molar-refractivity contribution in [2.45, 2.75) is 0 Å². The van der Waals surface area contributed by atoms with Gasteiger partial charge in [-0.1, -0.05) is 23.5 Å². The van der Waals surface area contributed by atoms with Crippen molar-refractivity contribution >= 4 is 27.5 Å². The molecule has 0 saturated carbocycles. The van der Waals surface area contributed by atoms with E-state index in [1.807, 2.05) is 35.9 Å². The molecule has 1 amide bonds. The quantitative estimate of drug-likeness (QED) is 0.740. The Labute approximate surface area is 143 Å². The smallest absolute Gasteiger partial charge is 0.275 e. The van der Waals surface area contributed by atoms with Gasteiger partial charge in [-0.15, -0.1) is 5.10 Å². The van der Waals surface area contributed by atoms with Crippen molar-refractivity contribution in [2.24, 2.45) is 12.1 Å². The Kier molecular flexibility index (Phi) is 4.52. The number of amides is 1. The van der Waals surface area contributed by atoms with E-state index in [1.165, 1.54) is 18.4 Å². The highest BCUT2D eigenvalue weighted by molar-refractivity contribution is 7.16. The number of hydrogen-bond donors (Lipinski definition) is 1. The fourth-order valence-corrected chi connectivity index (χ4v) is 3.31. The fourth-order valence-electron chi connectivity index (χ4n) is 2.33. The first-order valence-corrected chi connectivity index (χ1v) is 8.06. The zero-order chi connectivity index (χ0) is 17.1. The summed E-state index contributed by atoms with van der Waals surface area (Å²) in [4.78, 5) is 13.1. The van der Waals surface area contributed by atoms with Crippen LogP contribution in [0.2, 0.25) is 0 Å². The first-order valence-electron chi connectivity index (χ1n) is 7.24. The number of para-hydroxylation sites is 1. The van der Waals surface area contributed by atoms with Gasteiger partial charge in [0.2, 0.25) is 4.80 Å². The third kappa shape index (κ3) is 2.98. The summed E-state index contributed by atoms with van der Waals surface area (Å²) in [5.74, 6) is 0.714. The minimum atomic E-state index is -0.341. The van der Waals surface area contributed by atoms with Crippen molar-refractivity contribution in [2.75, 3.05) is 14.2 Å². The van der Waals surface area contributed by atoms with Crippen LogP contribution in [0.4, 0.5) is 0 Å². The molecule has 0 spiro atoms. The average Bonchev–Trinajstić information content (AvgIpc) is 2.95. The van der Waals surface area contributed by atoms with Crippen LogP contribution in [-0.2, 0) is 7.05 Å². The lowest BCUT2D eigenvalue weighted by Gasteiger charge is -2.08. The Hall–Kier alpha value is -2.80. The number of benzene rings is 2. The molecule has 1 N–H and O–H groups in total. The lowest BCUT2D eigenvalue weighted by Crippen LogP contribution is -2.23. The lowest BCUT2D eigenvalue weighted by molar-refractivity contribution is 0.0950. The number of methoxy groups -OCH3 is 2. The number of carbonyl (C=O) groups excluding carboxylic acids is 1. The molecular formula is C17H17N3O3S. The van der Waals surface area contributed by atoms with E-state index in [-0.39, 0.29) is 5.91 Å². The maximum atomic E-state index is 12.4. The number of hydrogen-bond acceptors (Lipinski definition) is 5. The van der Waals surface area contributed by atoms with Crippen molar-refractivity contribution in [1.29, 1.82) is 0 Å². The Balaban J connectivity index is 1.90. The number of aryl methyl sites for hydroxylation is 1. The van der Waals surface area contributed by atoms with Crippen LogP contribution in [0.15, 0.2) is 47.6 Å². The van der Waals surface area contributed by atoms with Crippen molar-refractivity contribution in [1.82, 2.24) is 9.99 Å². The second-order valence-corrected chi connectivity index (χ2v) is 6.04. The molecule has 2 aromatic carbocycles. The van der Waals surface area contributed by atoms with Crippen LogP contribution in [0, 0.1) is 0 Å². The van der Waals surface area contributed by atoms with Crippen LogP contribution >= 0.6 is 11.3 Å². The summed E-state index contributed by atoms with van der Waals surface area (Å²) in [5, 5.41) is 4.23. The molecule has 1 heterocycles. The SMILES string of the molecule is COc1ccc(C(=O)N/N=c2/sc3ccccc3n2C)c(OC)c1. The monoisotopic (exact) mass is 343 g/mol. The summed E-state index contributed by atoms with van der Waals surface area (Å²) in [5.41, 5.74) is 4.05. The number of rotatable bonds is 4. The summed E-state index contributed by atoms with van der Waals surface area (Å²) in [7, 11) is 4.98. The summed E-state index contributed by atoms with van der Waals surface area (Å²) in [6, 6.07) is 13.0. The Morgan fingerprint density at radius 3 is 2.67 bits per heavy atom. The highest BCUT2D eigenvalue weighted by Crippen LogP contribution is 2.24. The number of carbonyl (C=O) groups is 1. The van der Waals surface area contributed by atoms with E-state index < -0.39 is 0 Å². The van der Waals surface area contributed by atoms with Gasteiger partial charge in [-0.05, 0) is 24.3 Å². The number of nitrogens with zero attached hydrogens (tertiary/aromatic N) is 2. The summed E-state index contributed by atoms with van der Waals surface area (Å²) < 4.78 is 13.4. The normalized spacial score (nSPS) is 11.5. The van der Waals surface area contributed by atoms with Gasteiger partial charge in [-0.3, -0.25) is 4.79 Å². The van der Waals surface area contributed by atoms with Gasteiger partial charge in [0.05, 0.1) is 30.0 Å². The molecule has 124 valence electrons. The van der Waals surface area contributed by atoms with Crippen LogP contribution in [0.3, 0.4) is 0 Å². The fraction of sp³-hybridized carbons (Fsp3) is 0.176. The van der Waals surface area contributed by atoms with Crippen molar-refractivity contribution < 1.29 is 14.3 Å². The van der Waals surface area contributed by atoms with Crippen molar-refractivity contribution in [3.63, 3.8) is 0 Å². The predicted molar refractivity (Wildman–Crippen MR) is 93.4 cm³/mol. The van der Waals surface area contributed by atoms with E-state index in [9.17, 15) is 4.79 Å². The molecular weight excluding hydrogens is 326 g/mol. The molecule has 0 bridgehead atoms. The third-order valence-corrected chi connectivity index (χ3v) is 4.73. The highest BCUT2D eigenvalue weighted by atomic mass is 32.1. The standard InChI is InChI=1S/C17H17N3O3S/c1-20-13-6-4-5-7-15(13)24-17(20)19-18-16(21)12-9-8-11(22-2)10-14(12)23-3/h4-10H,1-3H3,(H,18,21)/b19-17+. The maximum Gasteiger partial charge on any atom is 0.275 e. The van der Waals surface area contributed by atoms with Crippen LogP contribution in [0.25, 0.3) is 10.2 Å². The molecule has 6 nitrogen and oxygen atoms in total. The Morgan fingerprint density at radius 2 is 1.96 bits per heavy atom. The second-order valence-electron chi connectivity index (χ2n) is 5.03. The second kappa shape index (κ2) is 6.76. The number of aromatic nitrogens is 1. The molecule has 3 rings (SSSR count). The van der Waals surface area contributed by atoms with Crippen LogP contribution < -0.4 is 19.7 Å². The predicted octanol–water partition coefficient (Wildman–Crippen LogP) is 2.50. The van der Waals surface area contributed by atoms with Gasteiger partial charge in [0.25, 0.3) is 5.91 Å². The number of ether oxygens (including phenoxy) is 2. The van der Waals surface area contributed by atoms with Gasteiger partial charge in [-0.2, -0.15) is 0 Å². The van der Waals surface area contributed by atoms with Gasteiger partial charge in [0, 0.05) is 13.1 Å². The zero-order valence-electron chi connectivity index (χ0n) is 13.6. The van der Waals surface area contributed by atoms with E-state index in [0.29, 0.717) is 21.9 Å². The van der Waals surface area contributed by atoms with E-state index in [0.717, 1.165) is 10.2 Å². The first-order chi connectivity index (χ1) is 11.6. The topological polar surface area (TPSA) is 64.8 Å². The largest absolute Gasteiger partial charge is 0.497 e. The van der Waals surface area contributed by atoms with Gasteiger partial charge >= 0.3 is 0 Å². The molecule has 24 heavy (non-hydrogen) atoms. The van der Waals surface area contributed by atoms with Gasteiger partial charge in [0.1, 0.15) is 11.5 Å². The average molecular weight is 343 g/mol. The molecule has 0 atom stereocenters. The van der Waals surface area contributed by atoms with Crippen LogP contribution in [0.5, 0.6) is 11.5 Å². The molecule has 0 unspecified atom stereocenters. The molecule has 0 aliphatic rings. The van der Waals surface area contributed by atoms with E-state index in [1.54, 1.807) is 25.3 Å². The number of nitrogens with one attached hydrogen (secondary N) is 1. The zero-order valence-corrected chi connectivity index (χ0v) is 14.4. The van der Waals surface area contributed by atoms with Crippen molar-refractivity contribution in [3.05, 3.63) is 52.8 Å². The molecule has 3 aromatic rings. The Bertz CT molecular complexity index is 959. The van der Waals surface area contributed by atoms with Gasteiger partial charge < -0.3 is 14.0 Å². The van der Waals surface area contributed by atoms with Gasteiger partial charge in [-0.25, -0.2) is 5.43 Å². The maximum absolute atomic E-state index is 12.4. The Morgan fingerprint density at radius 1 is 1.17 bits per heavy atom. The molecule has 0 aliphatic heterocycles. The van der Waals surface area contributed by atoms with E-state index in [4.69, 9.17) is 9.47 Å². The summed E-state index contributed by atoms with van der Waals surface area (Å²) >= 11 is 1.51. The highest BCUT2D eigenvalue weighted by Gasteiger charge is 2.13. The van der Waals surface area contributed by atoms with E-state index in [2.05, 4.69) is 10.5 Å². The molecule has 0 saturated heterocycles. The third-order valence-electron chi connectivity index (χ3n) is 3.62. The van der Waals surface area contributed by atoms with Gasteiger partial charge in [0.15, 0.2) is 0 Å². The first kappa shape index (κ1) is 16.1. The molecule has 1 aromatic heterocycles. The number of thiazole rings is 1. The minimum absolute atomic E-state index is 0.341. The molecule has 0 fully saturated rings. The van der Waals surface area contributed by atoms with Crippen LogP contribution in [0.1, 0.15) is 10.4 Å². The van der Waals surface area contributed by atoms with Crippen molar-refractivity contribution in [3.8, 4) is 11.5 Å². The lowest BCUT2D eigenvalue weighted by atomic mass is 10.2. The van der Waals surface area contributed by atoms with Crippen LogP contribution in [-0.4, -0.2) is 24.7 Å². The molecule has 7 heteroatoms.